The summed E-state index contributed by atoms with van der Waals surface area (Å²) >= 11 is 0. The van der Waals surface area contributed by atoms with Crippen molar-refractivity contribution in [2.75, 3.05) is 5.32 Å². The summed E-state index contributed by atoms with van der Waals surface area (Å²) in [4.78, 5) is 13.4. The molecule has 6 heteroatoms. The van der Waals surface area contributed by atoms with Gasteiger partial charge >= 0.3 is 0 Å². The summed E-state index contributed by atoms with van der Waals surface area (Å²) in [6.45, 7) is 1.91. The maximum Gasteiger partial charge on any atom is 0.244 e. The molecule has 0 atom stereocenters. The normalized spacial score (nSPS) is 11.7. The third-order valence-electron chi connectivity index (χ3n) is 5.75. The van der Waals surface area contributed by atoms with Gasteiger partial charge in [-0.3, -0.25) is 4.79 Å². The SMILES string of the molecule is Cc1ccc(S(=O)(=O)c2cn(CC(=O)Nc3cccc4ccccc34)c3ccccc23)cc1. The van der Waals surface area contributed by atoms with E-state index < -0.39 is 9.84 Å². The van der Waals surface area contributed by atoms with Gasteiger partial charge in [-0.25, -0.2) is 8.42 Å². The molecule has 5 rings (SSSR count). The van der Waals surface area contributed by atoms with Crippen LogP contribution in [-0.4, -0.2) is 18.9 Å². The van der Waals surface area contributed by atoms with E-state index in [1.165, 1.54) is 0 Å². The number of anilines is 1. The van der Waals surface area contributed by atoms with Gasteiger partial charge in [0.15, 0.2) is 0 Å². The molecule has 0 fully saturated rings. The topological polar surface area (TPSA) is 68.2 Å². The number of sulfone groups is 1. The van der Waals surface area contributed by atoms with Gasteiger partial charge in [0.1, 0.15) is 6.54 Å². The standard InChI is InChI=1S/C27H22N2O3S/c1-19-13-15-21(16-14-19)33(31,32)26-17-29(25-12-5-4-10-23(25)26)18-27(30)28-24-11-6-8-20-7-2-3-9-22(20)24/h2-17H,18H2,1H3,(H,28,30). The molecule has 1 heterocycles. The Labute approximate surface area is 192 Å². The highest BCUT2D eigenvalue weighted by Gasteiger charge is 2.24. The van der Waals surface area contributed by atoms with Crippen LogP contribution in [0.3, 0.4) is 0 Å². The fraction of sp³-hybridized carbons (Fsp3) is 0.0741. The van der Waals surface area contributed by atoms with Crippen molar-refractivity contribution in [1.82, 2.24) is 4.57 Å². The highest BCUT2D eigenvalue weighted by Crippen LogP contribution is 2.30. The van der Waals surface area contributed by atoms with E-state index in [2.05, 4.69) is 5.32 Å². The van der Waals surface area contributed by atoms with Crippen molar-refractivity contribution in [3.8, 4) is 0 Å². The van der Waals surface area contributed by atoms with Crippen LogP contribution in [0.2, 0.25) is 0 Å². The molecule has 4 aromatic carbocycles. The molecule has 33 heavy (non-hydrogen) atoms. The first-order valence-corrected chi connectivity index (χ1v) is 12.1. The lowest BCUT2D eigenvalue weighted by Gasteiger charge is -2.10. The number of carbonyl (C=O) groups excluding carboxylic acids is 1. The van der Waals surface area contributed by atoms with Crippen LogP contribution in [-0.2, 0) is 21.2 Å². The summed E-state index contributed by atoms with van der Waals surface area (Å²) in [6.07, 6.45) is 1.56. The monoisotopic (exact) mass is 454 g/mol. The number of carbonyl (C=O) groups is 1. The molecule has 1 aromatic heterocycles. The highest BCUT2D eigenvalue weighted by molar-refractivity contribution is 7.91. The zero-order valence-corrected chi connectivity index (χ0v) is 18.8. The number of aromatic nitrogens is 1. The van der Waals surface area contributed by atoms with Crippen LogP contribution >= 0.6 is 0 Å². The molecule has 0 unspecified atom stereocenters. The lowest BCUT2D eigenvalue weighted by molar-refractivity contribution is -0.116. The van der Waals surface area contributed by atoms with E-state index in [1.54, 1.807) is 47.2 Å². The number of hydrogen-bond donors (Lipinski definition) is 1. The van der Waals surface area contributed by atoms with E-state index in [-0.39, 0.29) is 22.2 Å². The predicted molar refractivity (Wildman–Crippen MR) is 131 cm³/mol. The van der Waals surface area contributed by atoms with Gasteiger partial charge in [-0.2, -0.15) is 0 Å². The molecule has 1 amide bonds. The van der Waals surface area contributed by atoms with Gasteiger partial charge in [-0.15, -0.1) is 0 Å². The molecule has 0 saturated carbocycles. The van der Waals surface area contributed by atoms with Crippen molar-refractivity contribution in [2.24, 2.45) is 0 Å². The quantitative estimate of drug-likeness (QED) is 0.377. The van der Waals surface area contributed by atoms with Crippen LogP contribution in [0.15, 0.2) is 107 Å². The second-order valence-corrected chi connectivity index (χ2v) is 9.95. The van der Waals surface area contributed by atoms with Crippen LogP contribution in [0.1, 0.15) is 5.56 Å². The average molecular weight is 455 g/mol. The van der Waals surface area contributed by atoms with Crippen molar-refractivity contribution in [2.45, 2.75) is 23.3 Å². The Bertz CT molecular complexity index is 1590. The Morgan fingerprint density at radius 2 is 1.48 bits per heavy atom. The molecule has 0 aliphatic heterocycles. The molecule has 0 aliphatic carbocycles. The van der Waals surface area contributed by atoms with Crippen molar-refractivity contribution in [3.63, 3.8) is 0 Å². The molecule has 0 saturated heterocycles. The van der Waals surface area contributed by atoms with E-state index in [0.29, 0.717) is 10.9 Å². The largest absolute Gasteiger partial charge is 0.337 e. The van der Waals surface area contributed by atoms with Crippen LogP contribution in [0, 0.1) is 6.92 Å². The lowest BCUT2D eigenvalue weighted by atomic mass is 10.1. The third kappa shape index (κ3) is 3.90. The summed E-state index contributed by atoms with van der Waals surface area (Å²) < 4.78 is 28.5. The van der Waals surface area contributed by atoms with Gasteiger partial charge in [0.05, 0.1) is 9.79 Å². The smallest absolute Gasteiger partial charge is 0.244 e. The molecule has 0 spiro atoms. The van der Waals surface area contributed by atoms with Gasteiger partial charge in [-0.05, 0) is 36.6 Å². The lowest BCUT2D eigenvalue weighted by Crippen LogP contribution is -2.18. The van der Waals surface area contributed by atoms with Gasteiger partial charge in [0.25, 0.3) is 0 Å². The van der Waals surface area contributed by atoms with Gasteiger partial charge in [-0.1, -0.05) is 72.3 Å². The van der Waals surface area contributed by atoms with Crippen molar-refractivity contribution < 1.29 is 13.2 Å². The number of amides is 1. The van der Waals surface area contributed by atoms with Crippen LogP contribution in [0.5, 0.6) is 0 Å². The Morgan fingerprint density at radius 3 is 2.27 bits per heavy atom. The summed E-state index contributed by atoms with van der Waals surface area (Å²) in [5.74, 6) is -0.230. The van der Waals surface area contributed by atoms with E-state index >= 15 is 0 Å². The summed E-state index contributed by atoms with van der Waals surface area (Å²) in [5, 5.41) is 5.56. The Kier molecular flexibility index (Phi) is 5.23. The maximum absolute atomic E-state index is 13.4. The van der Waals surface area contributed by atoms with Gasteiger partial charge < -0.3 is 9.88 Å². The summed E-state index contributed by atoms with van der Waals surface area (Å²) in [7, 11) is -3.74. The molecule has 5 aromatic rings. The fourth-order valence-electron chi connectivity index (χ4n) is 4.08. The first kappa shape index (κ1) is 21.0. The zero-order valence-electron chi connectivity index (χ0n) is 18.0. The molecular formula is C27H22N2O3S. The second-order valence-electron chi connectivity index (χ2n) is 8.03. The Hall–Kier alpha value is -3.90. The van der Waals surface area contributed by atoms with E-state index in [9.17, 15) is 13.2 Å². The number of para-hydroxylation sites is 1. The second kappa shape index (κ2) is 8.22. The van der Waals surface area contributed by atoms with Crippen molar-refractivity contribution in [3.05, 3.63) is 103 Å². The molecule has 0 radical (unpaired) electrons. The minimum Gasteiger partial charge on any atom is -0.337 e. The van der Waals surface area contributed by atoms with Crippen LogP contribution in [0.25, 0.3) is 21.7 Å². The predicted octanol–water partition coefficient (Wildman–Crippen LogP) is 5.57. The number of nitrogens with one attached hydrogen (secondary N) is 1. The van der Waals surface area contributed by atoms with E-state index in [4.69, 9.17) is 0 Å². The average Bonchev–Trinajstić information content (AvgIpc) is 3.19. The molecule has 1 N–H and O–H groups in total. The summed E-state index contributed by atoms with van der Waals surface area (Å²) in [5.41, 5.74) is 2.40. The van der Waals surface area contributed by atoms with Crippen LogP contribution < -0.4 is 5.32 Å². The number of fused-ring (bicyclic) bond motifs is 2. The molecule has 5 nitrogen and oxygen atoms in total. The fourth-order valence-corrected chi connectivity index (χ4v) is 5.56. The number of hydrogen-bond acceptors (Lipinski definition) is 3. The maximum atomic E-state index is 13.4. The molecule has 0 bridgehead atoms. The minimum absolute atomic E-state index is 0.00679. The highest BCUT2D eigenvalue weighted by atomic mass is 32.2. The van der Waals surface area contributed by atoms with Crippen molar-refractivity contribution >= 4 is 43.1 Å². The Morgan fingerprint density at radius 1 is 0.818 bits per heavy atom. The summed E-state index contributed by atoms with van der Waals surface area (Å²) in [6, 6.07) is 27.6. The van der Waals surface area contributed by atoms with E-state index in [1.807, 2.05) is 61.5 Å². The zero-order chi connectivity index (χ0) is 23.0. The first-order valence-electron chi connectivity index (χ1n) is 10.6. The molecule has 164 valence electrons. The third-order valence-corrected chi connectivity index (χ3v) is 7.55. The molecular weight excluding hydrogens is 432 g/mol. The van der Waals surface area contributed by atoms with Crippen LogP contribution in [0.4, 0.5) is 5.69 Å². The number of benzene rings is 4. The minimum atomic E-state index is -3.74. The van der Waals surface area contributed by atoms with Crippen molar-refractivity contribution in [1.29, 1.82) is 0 Å². The first-order chi connectivity index (χ1) is 15.9. The number of nitrogens with zero attached hydrogens (tertiary/aromatic N) is 1. The number of aryl methyl sites for hydroxylation is 1. The van der Waals surface area contributed by atoms with Gasteiger partial charge in [0, 0.05) is 28.2 Å². The Balaban J connectivity index is 1.50. The van der Waals surface area contributed by atoms with E-state index in [0.717, 1.165) is 22.0 Å². The van der Waals surface area contributed by atoms with Gasteiger partial charge in [0.2, 0.25) is 15.7 Å². The number of rotatable bonds is 5. The molecule has 0 aliphatic rings.